The lowest BCUT2D eigenvalue weighted by molar-refractivity contribution is 0.0616. The molecule has 2 aliphatic heterocycles. The number of benzene rings is 1. The summed E-state index contributed by atoms with van der Waals surface area (Å²) in [5.74, 6) is 2.71. The Morgan fingerprint density at radius 1 is 1.12 bits per heavy atom. The molecule has 5 heteroatoms. The minimum Gasteiger partial charge on any atom is -0.451 e. The first-order chi connectivity index (χ1) is 12.3. The predicted molar refractivity (Wildman–Crippen MR) is 103 cm³/mol. The van der Waals surface area contributed by atoms with Crippen molar-refractivity contribution < 1.29 is 9.21 Å². The Bertz CT molecular complexity index is 690. The van der Waals surface area contributed by atoms with Gasteiger partial charge in [-0.05, 0) is 50.2 Å². The number of likely N-dealkylation sites (tertiary alicyclic amines) is 1. The number of rotatable bonds is 3. The number of piperidine rings is 1. The molecule has 25 heavy (non-hydrogen) atoms. The summed E-state index contributed by atoms with van der Waals surface area (Å²) in [7, 11) is 0. The molecule has 134 valence electrons. The summed E-state index contributed by atoms with van der Waals surface area (Å²) < 4.78 is 5.85. The van der Waals surface area contributed by atoms with E-state index < -0.39 is 0 Å². The van der Waals surface area contributed by atoms with Crippen LogP contribution >= 0.6 is 11.8 Å². The Hall–Kier alpha value is -1.46. The Kier molecular flexibility index (Phi) is 5.32. The van der Waals surface area contributed by atoms with E-state index >= 15 is 0 Å². The number of carbonyl (C=O) groups excluding carboxylic acids is 1. The van der Waals surface area contributed by atoms with Crippen LogP contribution in [0.2, 0.25) is 0 Å². The van der Waals surface area contributed by atoms with Crippen molar-refractivity contribution in [3.8, 4) is 0 Å². The lowest BCUT2D eigenvalue weighted by Crippen LogP contribution is -2.49. The average Bonchev–Trinajstić information content (AvgIpc) is 2.95. The number of fused-ring (bicyclic) bond motifs is 1. The number of thioether (sulfide) groups is 1. The van der Waals surface area contributed by atoms with Crippen molar-refractivity contribution in [1.82, 2.24) is 9.80 Å². The molecule has 3 heterocycles. The Balaban J connectivity index is 1.54. The summed E-state index contributed by atoms with van der Waals surface area (Å²) in [6, 6.07) is 10.0. The van der Waals surface area contributed by atoms with Gasteiger partial charge in [-0.1, -0.05) is 24.6 Å². The van der Waals surface area contributed by atoms with Gasteiger partial charge in [-0.15, -0.1) is 0 Å². The third-order valence-electron chi connectivity index (χ3n) is 5.25. The number of amides is 1. The molecule has 2 aliphatic rings. The molecular weight excluding hydrogens is 332 g/mol. The number of para-hydroxylation sites is 1. The molecule has 0 N–H and O–H groups in total. The fraction of sp³-hybridized carbons (Fsp3) is 0.550. The molecular formula is C20H26N2O2S. The number of carbonyl (C=O) groups is 1. The first-order valence-corrected chi connectivity index (χ1v) is 10.6. The molecule has 2 fully saturated rings. The minimum absolute atomic E-state index is 0.0562. The standard InChI is InChI=1S/C20H26N2O2S/c23-20(19-13-16-7-2-3-8-18(16)24-19)22-11-6-12-25-15-17(22)14-21-9-4-1-5-10-21/h2-3,7-8,13,17H,1,4-6,9-12,14-15H2. The van der Waals surface area contributed by atoms with Gasteiger partial charge in [0.25, 0.3) is 5.91 Å². The molecule has 2 aromatic rings. The van der Waals surface area contributed by atoms with Gasteiger partial charge in [-0.2, -0.15) is 11.8 Å². The second-order valence-electron chi connectivity index (χ2n) is 7.09. The van der Waals surface area contributed by atoms with Gasteiger partial charge in [-0.3, -0.25) is 4.79 Å². The molecule has 4 rings (SSSR count). The molecule has 1 aromatic carbocycles. The monoisotopic (exact) mass is 358 g/mol. The van der Waals surface area contributed by atoms with E-state index in [4.69, 9.17) is 4.42 Å². The highest BCUT2D eigenvalue weighted by Gasteiger charge is 2.30. The molecule has 1 aromatic heterocycles. The van der Waals surface area contributed by atoms with Crippen LogP contribution in [0.1, 0.15) is 36.2 Å². The van der Waals surface area contributed by atoms with E-state index in [2.05, 4.69) is 9.80 Å². The van der Waals surface area contributed by atoms with Crippen molar-refractivity contribution in [2.75, 3.05) is 37.7 Å². The molecule has 2 saturated heterocycles. The van der Waals surface area contributed by atoms with Gasteiger partial charge in [0.15, 0.2) is 5.76 Å². The van der Waals surface area contributed by atoms with Gasteiger partial charge in [0.1, 0.15) is 5.58 Å². The second kappa shape index (κ2) is 7.83. The van der Waals surface area contributed by atoms with Crippen LogP contribution < -0.4 is 0 Å². The molecule has 4 nitrogen and oxygen atoms in total. The third kappa shape index (κ3) is 3.87. The van der Waals surface area contributed by atoms with Crippen LogP contribution in [-0.2, 0) is 0 Å². The van der Waals surface area contributed by atoms with Crippen LogP contribution in [0, 0.1) is 0 Å². The molecule has 0 saturated carbocycles. The van der Waals surface area contributed by atoms with Crippen LogP contribution in [0.5, 0.6) is 0 Å². The molecule has 1 atom stereocenters. The summed E-state index contributed by atoms with van der Waals surface area (Å²) in [6.07, 6.45) is 4.99. The maximum absolute atomic E-state index is 13.2. The van der Waals surface area contributed by atoms with Crippen LogP contribution in [0.4, 0.5) is 0 Å². The lowest BCUT2D eigenvalue weighted by atomic mass is 10.1. The van der Waals surface area contributed by atoms with Crippen molar-refractivity contribution in [3.05, 3.63) is 36.1 Å². The highest BCUT2D eigenvalue weighted by atomic mass is 32.2. The van der Waals surface area contributed by atoms with Crippen molar-refractivity contribution in [1.29, 1.82) is 0 Å². The maximum Gasteiger partial charge on any atom is 0.289 e. The summed E-state index contributed by atoms with van der Waals surface area (Å²) >= 11 is 1.98. The van der Waals surface area contributed by atoms with E-state index in [1.165, 1.54) is 32.4 Å². The molecule has 0 aliphatic carbocycles. The average molecular weight is 359 g/mol. The van der Waals surface area contributed by atoms with Gasteiger partial charge >= 0.3 is 0 Å². The van der Waals surface area contributed by atoms with Gasteiger partial charge in [0.05, 0.1) is 6.04 Å². The molecule has 1 unspecified atom stereocenters. The zero-order valence-electron chi connectivity index (χ0n) is 14.7. The smallest absolute Gasteiger partial charge is 0.289 e. The van der Waals surface area contributed by atoms with Crippen LogP contribution in [0.25, 0.3) is 11.0 Å². The SMILES string of the molecule is O=C(c1cc2ccccc2o1)N1CCCSCC1CN1CCCCC1. The Labute approximate surface area is 153 Å². The van der Waals surface area contributed by atoms with E-state index in [0.29, 0.717) is 5.76 Å². The topological polar surface area (TPSA) is 36.7 Å². The number of hydrogen-bond donors (Lipinski definition) is 0. The molecule has 0 spiro atoms. The summed E-state index contributed by atoms with van der Waals surface area (Å²) in [6.45, 7) is 4.18. The fourth-order valence-corrected chi connectivity index (χ4v) is 4.97. The lowest BCUT2D eigenvalue weighted by Gasteiger charge is -2.35. The highest BCUT2D eigenvalue weighted by molar-refractivity contribution is 7.99. The van der Waals surface area contributed by atoms with Gasteiger partial charge in [0, 0.05) is 24.2 Å². The Morgan fingerprint density at radius 3 is 2.80 bits per heavy atom. The van der Waals surface area contributed by atoms with Crippen LogP contribution in [0.3, 0.4) is 0 Å². The normalized spacial score (nSPS) is 22.9. The van der Waals surface area contributed by atoms with Crippen molar-refractivity contribution in [2.24, 2.45) is 0 Å². The van der Waals surface area contributed by atoms with E-state index in [9.17, 15) is 4.79 Å². The zero-order valence-corrected chi connectivity index (χ0v) is 15.5. The van der Waals surface area contributed by atoms with Gasteiger partial charge in [-0.25, -0.2) is 0 Å². The first kappa shape index (κ1) is 17.0. The number of furan rings is 1. The molecule has 0 bridgehead atoms. The quantitative estimate of drug-likeness (QED) is 0.835. The molecule has 0 radical (unpaired) electrons. The predicted octanol–water partition coefficient (Wildman–Crippen LogP) is 3.87. The summed E-state index contributed by atoms with van der Waals surface area (Å²) in [5.41, 5.74) is 0.794. The number of nitrogens with zero attached hydrogens (tertiary/aromatic N) is 2. The van der Waals surface area contributed by atoms with Crippen molar-refractivity contribution in [2.45, 2.75) is 31.7 Å². The fourth-order valence-electron chi connectivity index (χ4n) is 3.92. The van der Waals surface area contributed by atoms with Gasteiger partial charge in [0.2, 0.25) is 0 Å². The summed E-state index contributed by atoms with van der Waals surface area (Å²) in [5, 5.41) is 1.00. The largest absolute Gasteiger partial charge is 0.451 e. The van der Waals surface area contributed by atoms with Crippen molar-refractivity contribution >= 4 is 28.6 Å². The first-order valence-electron chi connectivity index (χ1n) is 9.41. The van der Waals surface area contributed by atoms with Crippen LogP contribution in [0.15, 0.2) is 34.7 Å². The summed E-state index contributed by atoms with van der Waals surface area (Å²) in [4.78, 5) is 17.8. The second-order valence-corrected chi connectivity index (χ2v) is 8.24. The maximum atomic E-state index is 13.2. The highest BCUT2D eigenvalue weighted by Crippen LogP contribution is 2.24. The van der Waals surface area contributed by atoms with Crippen LogP contribution in [-0.4, -0.2) is 59.4 Å². The van der Waals surface area contributed by atoms with E-state index in [-0.39, 0.29) is 11.9 Å². The molecule has 1 amide bonds. The number of hydrogen-bond acceptors (Lipinski definition) is 4. The zero-order chi connectivity index (χ0) is 17.1. The van der Waals surface area contributed by atoms with Crippen molar-refractivity contribution in [3.63, 3.8) is 0 Å². The van der Waals surface area contributed by atoms with Gasteiger partial charge < -0.3 is 14.2 Å². The van der Waals surface area contributed by atoms with E-state index in [1.54, 1.807) is 0 Å². The van der Waals surface area contributed by atoms with E-state index in [0.717, 1.165) is 42.0 Å². The Morgan fingerprint density at radius 2 is 1.96 bits per heavy atom. The van der Waals surface area contributed by atoms with E-state index in [1.807, 2.05) is 42.1 Å². The third-order valence-corrected chi connectivity index (χ3v) is 6.45. The minimum atomic E-state index is 0.0562.